The molecule has 0 bridgehead atoms. The summed E-state index contributed by atoms with van der Waals surface area (Å²) in [5.41, 5.74) is 2.60. The van der Waals surface area contributed by atoms with Crippen LogP contribution in [0.15, 0.2) is 53.6 Å². The number of aromatic nitrogens is 1. The molecule has 0 radical (unpaired) electrons. The van der Waals surface area contributed by atoms with E-state index in [1.54, 1.807) is 6.92 Å². The number of anilines is 1. The molecular formula is C18H15F3N4OS. The summed E-state index contributed by atoms with van der Waals surface area (Å²) in [4.78, 5) is 16.5. The highest BCUT2D eigenvalue weighted by atomic mass is 32.1. The minimum atomic E-state index is -4.43. The van der Waals surface area contributed by atoms with Gasteiger partial charge in [0.1, 0.15) is 6.04 Å². The second-order valence-corrected chi connectivity index (χ2v) is 6.74. The van der Waals surface area contributed by atoms with Crippen LogP contribution in [-0.4, -0.2) is 23.1 Å². The second kappa shape index (κ2) is 7.75. The Kier molecular flexibility index (Phi) is 5.41. The van der Waals surface area contributed by atoms with Gasteiger partial charge in [-0.05, 0) is 36.8 Å². The van der Waals surface area contributed by atoms with Gasteiger partial charge in [-0.1, -0.05) is 35.6 Å². The summed E-state index contributed by atoms with van der Waals surface area (Å²) in [7, 11) is 0. The van der Waals surface area contributed by atoms with Crippen LogP contribution in [-0.2, 0) is 11.0 Å². The zero-order valence-corrected chi connectivity index (χ0v) is 14.9. The first-order valence-corrected chi connectivity index (χ1v) is 8.77. The van der Waals surface area contributed by atoms with Crippen molar-refractivity contribution in [3.05, 3.63) is 59.7 Å². The van der Waals surface area contributed by atoms with E-state index >= 15 is 0 Å². The van der Waals surface area contributed by atoms with Gasteiger partial charge in [0.25, 0.3) is 5.91 Å². The van der Waals surface area contributed by atoms with Gasteiger partial charge < -0.3 is 5.32 Å². The fourth-order valence-corrected chi connectivity index (χ4v) is 3.20. The summed E-state index contributed by atoms with van der Waals surface area (Å²) < 4.78 is 39.0. The second-order valence-electron chi connectivity index (χ2n) is 5.71. The number of amides is 1. The number of alkyl halides is 3. The van der Waals surface area contributed by atoms with Crippen LogP contribution in [0.5, 0.6) is 0 Å². The van der Waals surface area contributed by atoms with E-state index in [1.165, 1.54) is 23.5 Å². The molecule has 2 N–H and O–H groups in total. The number of carbonyl (C=O) groups excluding carboxylic acids is 1. The van der Waals surface area contributed by atoms with Crippen molar-refractivity contribution in [1.82, 2.24) is 10.4 Å². The van der Waals surface area contributed by atoms with Gasteiger partial charge in [-0.3, -0.25) is 4.79 Å². The third-order valence-corrected chi connectivity index (χ3v) is 4.60. The molecule has 0 aliphatic rings. The van der Waals surface area contributed by atoms with Crippen LogP contribution >= 0.6 is 11.3 Å². The van der Waals surface area contributed by atoms with E-state index in [9.17, 15) is 18.0 Å². The number of nitrogens with zero attached hydrogens (tertiary/aromatic N) is 2. The molecule has 0 aliphatic carbocycles. The molecular weight excluding hydrogens is 377 g/mol. The monoisotopic (exact) mass is 392 g/mol. The van der Waals surface area contributed by atoms with Crippen molar-refractivity contribution in [3.63, 3.8) is 0 Å². The molecule has 2 aromatic carbocycles. The van der Waals surface area contributed by atoms with E-state index in [0.29, 0.717) is 5.13 Å². The number of carbonyl (C=O) groups is 1. The van der Waals surface area contributed by atoms with Crippen LogP contribution < -0.4 is 10.7 Å². The van der Waals surface area contributed by atoms with Crippen molar-refractivity contribution in [1.29, 1.82) is 0 Å². The van der Waals surface area contributed by atoms with Gasteiger partial charge in [0.15, 0.2) is 5.13 Å². The van der Waals surface area contributed by atoms with Gasteiger partial charge >= 0.3 is 6.18 Å². The summed E-state index contributed by atoms with van der Waals surface area (Å²) in [5.74, 6) is -0.433. The Balaban J connectivity index is 1.59. The third kappa shape index (κ3) is 4.82. The molecule has 9 heteroatoms. The Labute approximate surface area is 156 Å². The highest BCUT2D eigenvalue weighted by molar-refractivity contribution is 7.22. The molecule has 0 fully saturated rings. The van der Waals surface area contributed by atoms with Crippen LogP contribution in [0.4, 0.5) is 18.3 Å². The standard InChI is InChI=1S/C18H15F3N4OS/c1-11(23-17-24-14-7-2-3-8-15(14)27-17)16(26)25-22-10-12-5-4-6-13(9-12)18(19,20)21/h2-11H,1H3,(H,23,24)(H,25,26)/b22-10-/t11-/m0/s1. The smallest absolute Gasteiger partial charge is 0.350 e. The molecule has 1 heterocycles. The van der Waals surface area contributed by atoms with Gasteiger partial charge in [-0.2, -0.15) is 18.3 Å². The lowest BCUT2D eigenvalue weighted by Crippen LogP contribution is -2.34. The van der Waals surface area contributed by atoms with Crippen LogP contribution in [0.25, 0.3) is 10.2 Å². The van der Waals surface area contributed by atoms with Crippen LogP contribution in [0.3, 0.4) is 0 Å². The number of hydrogen-bond acceptors (Lipinski definition) is 5. The number of nitrogens with one attached hydrogen (secondary N) is 2. The summed E-state index contributed by atoms with van der Waals surface area (Å²) in [6.45, 7) is 1.64. The van der Waals surface area contributed by atoms with Crippen molar-refractivity contribution in [3.8, 4) is 0 Å². The van der Waals surface area contributed by atoms with Gasteiger partial charge in [0.05, 0.1) is 22.0 Å². The van der Waals surface area contributed by atoms with E-state index in [4.69, 9.17) is 0 Å². The summed E-state index contributed by atoms with van der Waals surface area (Å²) in [6.07, 6.45) is -3.26. The maximum absolute atomic E-state index is 12.7. The lowest BCUT2D eigenvalue weighted by atomic mass is 10.1. The lowest BCUT2D eigenvalue weighted by Gasteiger charge is -2.10. The molecule has 0 saturated heterocycles. The molecule has 27 heavy (non-hydrogen) atoms. The van der Waals surface area contributed by atoms with Crippen molar-refractivity contribution < 1.29 is 18.0 Å². The first-order valence-electron chi connectivity index (χ1n) is 7.95. The van der Waals surface area contributed by atoms with Crippen LogP contribution in [0.2, 0.25) is 0 Å². The summed E-state index contributed by atoms with van der Waals surface area (Å²) in [5, 5.41) is 7.30. The van der Waals surface area contributed by atoms with Gasteiger partial charge in [0, 0.05) is 0 Å². The Morgan fingerprint density at radius 1 is 1.22 bits per heavy atom. The Hall–Kier alpha value is -2.94. The van der Waals surface area contributed by atoms with E-state index in [-0.39, 0.29) is 5.56 Å². The van der Waals surface area contributed by atoms with E-state index in [1.807, 2.05) is 24.3 Å². The number of halogens is 3. The molecule has 1 aromatic heterocycles. The molecule has 0 spiro atoms. The van der Waals surface area contributed by atoms with Crippen LogP contribution in [0, 0.1) is 0 Å². The van der Waals surface area contributed by atoms with E-state index in [2.05, 4.69) is 20.8 Å². The zero-order valence-electron chi connectivity index (χ0n) is 14.1. The quantitative estimate of drug-likeness (QED) is 0.504. The Bertz CT molecular complexity index is 951. The first kappa shape index (κ1) is 18.8. The number of fused-ring (bicyclic) bond motifs is 1. The molecule has 140 valence electrons. The lowest BCUT2D eigenvalue weighted by molar-refractivity contribution is -0.137. The number of thiazole rings is 1. The fraction of sp³-hybridized carbons (Fsp3) is 0.167. The van der Waals surface area contributed by atoms with Crippen molar-refractivity contribution in [2.24, 2.45) is 5.10 Å². The third-order valence-electron chi connectivity index (χ3n) is 3.63. The predicted octanol–water partition coefficient (Wildman–Crippen LogP) is 4.27. The average Bonchev–Trinajstić information content (AvgIpc) is 3.03. The summed E-state index contributed by atoms with van der Waals surface area (Å²) >= 11 is 1.42. The normalized spacial score (nSPS) is 13.0. The molecule has 5 nitrogen and oxygen atoms in total. The summed E-state index contributed by atoms with van der Waals surface area (Å²) in [6, 6.07) is 11.6. The van der Waals surface area contributed by atoms with Crippen molar-refractivity contribution in [2.75, 3.05) is 5.32 Å². The SMILES string of the molecule is C[C@H](Nc1nc2ccccc2s1)C(=O)N/N=C\c1cccc(C(F)(F)F)c1. The fourth-order valence-electron chi connectivity index (χ4n) is 2.25. The Morgan fingerprint density at radius 3 is 2.74 bits per heavy atom. The first-order chi connectivity index (χ1) is 12.8. The minimum absolute atomic E-state index is 0.233. The molecule has 3 rings (SSSR count). The number of benzene rings is 2. The van der Waals surface area contributed by atoms with Crippen molar-refractivity contribution in [2.45, 2.75) is 19.1 Å². The number of hydrazone groups is 1. The molecule has 0 aliphatic heterocycles. The van der Waals surface area contributed by atoms with E-state index in [0.717, 1.165) is 28.6 Å². The highest BCUT2D eigenvalue weighted by Crippen LogP contribution is 2.29. The maximum atomic E-state index is 12.7. The number of para-hydroxylation sites is 1. The molecule has 0 saturated carbocycles. The minimum Gasteiger partial charge on any atom is -0.350 e. The van der Waals surface area contributed by atoms with Crippen molar-refractivity contribution >= 4 is 38.8 Å². The van der Waals surface area contributed by atoms with Crippen LogP contribution in [0.1, 0.15) is 18.1 Å². The molecule has 3 aromatic rings. The highest BCUT2D eigenvalue weighted by Gasteiger charge is 2.30. The molecule has 1 atom stereocenters. The van der Waals surface area contributed by atoms with Gasteiger partial charge in [-0.25, -0.2) is 10.4 Å². The van der Waals surface area contributed by atoms with Gasteiger partial charge in [-0.15, -0.1) is 0 Å². The van der Waals surface area contributed by atoms with Gasteiger partial charge in [0.2, 0.25) is 0 Å². The molecule has 1 amide bonds. The topological polar surface area (TPSA) is 66.4 Å². The largest absolute Gasteiger partial charge is 0.416 e. The number of rotatable bonds is 5. The average molecular weight is 392 g/mol. The zero-order chi connectivity index (χ0) is 19.4. The Morgan fingerprint density at radius 2 is 2.00 bits per heavy atom. The number of hydrogen-bond donors (Lipinski definition) is 2. The predicted molar refractivity (Wildman–Crippen MR) is 99.9 cm³/mol. The maximum Gasteiger partial charge on any atom is 0.416 e. The molecule has 0 unspecified atom stereocenters. The van der Waals surface area contributed by atoms with E-state index < -0.39 is 23.7 Å².